The molecule has 12 heteroatoms. The number of fused-ring (bicyclic) bond motifs is 2. The standard InChI is InChI=1S/C27H25N5O7/c1-2-35-21-11-15(3-6-19(21)38-27(33)32-7-9-34-10-8-32)22-17(13-28)25(29)39-26-23(22)24(30-31-26)16-4-5-18-20(12-16)37-14-36-18/h3-6,11-12,17,22,29H,2,7-10,14H2,1H3,(H,30,31). The molecule has 0 bridgehead atoms. The van der Waals surface area contributed by atoms with Crippen molar-refractivity contribution in [3.63, 3.8) is 0 Å². The zero-order valence-corrected chi connectivity index (χ0v) is 21.1. The maximum absolute atomic E-state index is 12.7. The van der Waals surface area contributed by atoms with Gasteiger partial charge in [-0.1, -0.05) is 6.07 Å². The molecule has 1 fully saturated rings. The summed E-state index contributed by atoms with van der Waals surface area (Å²) in [5, 5.41) is 25.8. The molecule has 0 aliphatic carbocycles. The highest BCUT2D eigenvalue weighted by Crippen LogP contribution is 2.48. The average Bonchev–Trinajstić information content (AvgIpc) is 3.60. The number of amides is 1. The molecule has 0 saturated carbocycles. The van der Waals surface area contributed by atoms with Crippen LogP contribution in [0.5, 0.6) is 28.9 Å². The summed E-state index contributed by atoms with van der Waals surface area (Å²) >= 11 is 0. The summed E-state index contributed by atoms with van der Waals surface area (Å²) in [6.07, 6.45) is -0.489. The Labute approximate surface area is 223 Å². The van der Waals surface area contributed by atoms with Crippen LogP contribution in [0.15, 0.2) is 36.4 Å². The fourth-order valence-corrected chi connectivity index (χ4v) is 4.93. The van der Waals surface area contributed by atoms with Gasteiger partial charge in [-0.25, -0.2) is 4.79 Å². The topological polar surface area (TPSA) is 152 Å². The van der Waals surface area contributed by atoms with Crippen LogP contribution in [0.3, 0.4) is 0 Å². The Bertz CT molecular complexity index is 1470. The van der Waals surface area contributed by atoms with Gasteiger partial charge >= 0.3 is 6.09 Å². The number of nitrogens with one attached hydrogen (secondary N) is 2. The lowest BCUT2D eigenvalue weighted by Gasteiger charge is -2.29. The fourth-order valence-electron chi connectivity index (χ4n) is 4.93. The first-order valence-electron chi connectivity index (χ1n) is 12.5. The monoisotopic (exact) mass is 531 g/mol. The summed E-state index contributed by atoms with van der Waals surface area (Å²) in [5.74, 6) is 0.299. The van der Waals surface area contributed by atoms with E-state index in [0.717, 1.165) is 5.56 Å². The molecular weight excluding hydrogens is 506 g/mol. The molecule has 3 aromatic rings. The van der Waals surface area contributed by atoms with Crippen molar-refractivity contribution in [2.24, 2.45) is 5.92 Å². The van der Waals surface area contributed by atoms with Gasteiger partial charge in [-0.3, -0.25) is 10.5 Å². The van der Waals surface area contributed by atoms with Crippen molar-refractivity contribution in [1.82, 2.24) is 15.1 Å². The minimum atomic E-state index is -0.931. The number of carbonyl (C=O) groups excluding carboxylic acids is 1. The molecule has 39 heavy (non-hydrogen) atoms. The molecular formula is C27H25N5O7. The summed E-state index contributed by atoms with van der Waals surface area (Å²) in [7, 11) is 0. The SMILES string of the molecule is CCOc1cc(C2c3c(n[nH]c3-c3ccc4c(c3)OCO4)OC(=N)C2C#N)ccc1OC(=O)N1CCOCC1. The zero-order valence-electron chi connectivity index (χ0n) is 21.1. The van der Waals surface area contributed by atoms with Crippen LogP contribution in [0, 0.1) is 22.7 Å². The second kappa shape index (κ2) is 10.2. The van der Waals surface area contributed by atoms with Gasteiger partial charge in [0.05, 0.1) is 37.1 Å². The number of ether oxygens (including phenoxy) is 6. The molecule has 3 aliphatic rings. The third-order valence-electron chi connectivity index (χ3n) is 6.80. The summed E-state index contributed by atoms with van der Waals surface area (Å²) in [5.41, 5.74) is 2.68. The van der Waals surface area contributed by atoms with Gasteiger partial charge in [0, 0.05) is 24.6 Å². The Morgan fingerprint density at radius 3 is 2.79 bits per heavy atom. The number of benzene rings is 2. The highest BCUT2D eigenvalue weighted by molar-refractivity contribution is 5.87. The molecule has 1 aromatic heterocycles. The summed E-state index contributed by atoms with van der Waals surface area (Å²) in [6.45, 7) is 4.10. The lowest BCUT2D eigenvalue weighted by molar-refractivity contribution is 0.0413. The molecule has 2 N–H and O–H groups in total. The summed E-state index contributed by atoms with van der Waals surface area (Å²) in [4.78, 5) is 14.3. The van der Waals surface area contributed by atoms with Crippen molar-refractivity contribution in [3.8, 4) is 46.2 Å². The first-order chi connectivity index (χ1) is 19.1. The van der Waals surface area contributed by atoms with Gasteiger partial charge in [0.1, 0.15) is 5.92 Å². The van der Waals surface area contributed by atoms with Gasteiger partial charge in [0.25, 0.3) is 0 Å². The van der Waals surface area contributed by atoms with E-state index >= 15 is 0 Å². The van der Waals surface area contributed by atoms with E-state index in [2.05, 4.69) is 16.3 Å². The normalized spacial score (nSPS) is 19.6. The molecule has 2 atom stereocenters. The maximum Gasteiger partial charge on any atom is 0.415 e. The van der Waals surface area contributed by atoms with Gasteiger partial charge in [0.15, 0.2) is 23.0 Å². The summed E-state index contributed by atoms with van der Waals surface area (Å²) < 4.78 is 33.5. The van der Waals surface area contributed by atoms with E-state index in [1.807, 2.05) is 19.1 Å². The molecule has 0 radical (unpaired) electrons. The molecule has 1 amide bonds. The number of nitriles is 1. The van der Waals surface area contributed by atoms with E-state index in [1.165, 1.54) is 0 Å². The zero-order chi connectivity index (χ0) is 26.9. The van der Waals surface area contributed by atoms with Crippen molar-refractivity contribution < 1.29 is 33.2 Å². The number of aromatic nitrogens is 2. The Balaban J connectivity index is 1.40. The fraction of sp³-hybridized carbons (Fsp3) is 0.333. The van der Waals surface area contributed by atoms with Crippen LogP contribution in [-0.4, -0.2) is 66.8 Å². The van der Waals surface area contributed by atoms with E-state index in [9.17, 15) is 10.1 Å². The van der Waals surface area contributed by atoms with Crippen molar-refractivity contribution in [2.45, 2.75) is 12.8 Å². The Morgan fingerprint density at radius 1 is 1.18 bits per heavy atom. The van der Waals surface area contributed by atoms with Crippen LogP contribution in [0.1, 0.15) is 24.0 Å². The third kappa shape index (κ3) is 4.46. The van der Waals surface area contributed by atoms with Crippen molar-refractivity contribution in [3.05, 3.63) is 47.5 Å². The highest BCUT2D eigenvalue weighted by atomic mass is 16.7. The van der Waals surface area contributed by atoms with Crippen LogP contribution in [0.2, 0.25) is 0 Å². The van der Waals surface area contributed by atoms with Crippen LogP contribution in [0.4, 0.5) is 4.79 Å². The van der Waals surface area contributed by atoms with Gasteiger partial charge in [0.2, 0.25) is 18.6 Å². The lowest BCUT2D eigenvalue weighted by atomic mass is 9.78. The predicted octanol–water partition coefficient (Wildman–Crippen LogP) is 3.68. The van der Waals surface area contributed by atoms with E-state index in [4.69, 9.17) is 33.8 Å². The van der Waals surface area contributed by atoms with Crippen LogP contribution in [-0.2, 0) is 4.74 Å². The number of nitrogens with zero attached hydrogens (tertiary/aromatic N) is 3. The lowest BCUT2D eigenvalue weighted by Crippen LogP contribution is -2.42. The van der Waals surface area contributed by atoms with Crippen molar-refractivity contribution >= 4 is 12.0 Å². The molecule has 12 nitrogen and oxygen atoms in total. The second-order valence-electron chi connectivity index (χ2n) is 9.04. The second-order valence-corrected chi connectivity index (χ2v) is 9.04. The molecule has 2 aromatic carbocycles. The minimum Gasteiger partial charge on any atom is -0.490 e. The Hall–Kier alpha value is -4.76. The van der Waals surface area contributed by atoms with Gasteiger partial charge in [-0.2, -0.15) is 5.26 Å². The number of aromatic amines is 1. The average molecular weight is 532 g/mol. The van der Waals surface area contributed by atoms with Crippen molar-refractivity contribution in [2.75, 3.05) is 39.7 Å². The van der Waals surface area contributed by atoms with Crippen LogP contribution >= 0.6 is 0 Å². The summed E-state index contributed by atoms with van der Waals surface area (Å²) in [6, 6.07) is 12.8. The maximum atomic E-state index is 12.7. The minimum absolute atomic E-state index is 0.141. The molecule has 200 valence electrons. The number of hydrogen-bond acceptors (Lipinski definition) is 10. The first kappa shape index (κ1) is 24.6. The van der Waals surface area contributed by atoms with Gasteiger partial charge in [-0.15, -0.1) is 5.10 Å². The number of H-pyrrole nitrogens is 1. The van der Waals surface area contributed by atoms with E-state index < -0.39 is 17.9 Å². The molecule has 2 unspecified atom stereocenters. The van der Waals surface area contributed by atoms with Gasteiger partial charge < -0.3 is 33.3 Å². The Kier molecular flexibility index (Phi) is 6.42. The smallest absolute Gasteiger partial charge is 0.415 e. The molecule has 3 aliphatic heterocycles. The first-order valence-corrected chi connectivity index (χ1v) is 12.5. The molecule has 6 rings (SSSR count). The van der Waals surface area contributed by atoms with E-state index in [1.54, 1.807) is 29.2 Å². The number of rotatable bonds is 5. The predicted molar refractivity (Wildman–Crippen MR) is 135 cm³/mol. The highest BCUT2D eigenvalue weighted by Gasteiger charge is 2.41. The third-order valence-corrected chi connectivity index (χ3v) is 6.80. The molecule has 1 saturated heterocycles. The largest absolute Gasteiger partial charge is 0.490 e. The van der Waals surface area contributed by atoms with Crippen LogP contribution < -0.4 is 23.7 Å². The van der Waals surface area contributed by atoms with E-state index in [-0.39, 0.29) is 24.3 Å². The molecule has 4 heterocycles. The van der Waals surface area contributed by atoms with E-state index in [0.29, 0.717) is 67.0 Å². The molecule has 0 spiro atoms. The van der Waals surface area contributed by atoms with Crippen LogP contribution in [0.25, 0.3) is 11.3 Å². The number of carbonyl (C=O) groups is 1. The van der Waals surface area contributed by atoms with Crippen molar-refractivity contribution in [1.29, 1.82) is 10.7 Å². The quantitative estimate of drug-likeness (QED) is 0.502. The number of morpholine rings is 1. The number of hydrogen-bond donors (Lipinski definition) is 2. The van der Waals surface area contributed by atoms with Gasteiger partial charge in [-0.05, 0) is 42.8 Å². The Morgan fingerprint density at radius 2 is 2.00 bits per heavy atom.